The summed E-state index contributed by atoms with van der Waals surface area (Å²) >= 11 is 0. The van der Waals surface area contributed by atoms with Gasteiger partial charge in [0.15, 0.2) is 11.5 Å². The Morgan fingerprint density at radius 1 is 1.07 bits per heavy atom. The van der Waals surface area contributed by atoms with E-state index in [0.717, 1.165) is 16.6 Å². The van der Waals surface area contributed by atoms with Crippen molar-refractivity contribution < 1.29 is 19.0 Å². The first-order chi connectivity index (χ1) is 13.5. The Kier molecular flexibility index (Phi) is 5.73. The molecule has 0 spiro atoms. The SMILES string of the molecule is COc1cc(C(=O)NCc2nn(C(C)C)c3ccccc23)cc(OC)c1OC. The van der Waals surface area contributed by atoms with E-state index in [1.807, 2.05) is 28.9 Å². The Hall–Kier alpha value is -3.22. The van der Waals surface area contributed by atoms with E-state index in [9.17, 15) is 4.79 Å². The fourth-order valence-corrected chi connectivity index (χ4v) is 3.16. The van der Waals surface area contributed by atoms with Crippen LogP contribution >= 0.6 is 0 Å². The molecule has 0 saturated heterocycles. The number of methoxy groups -OCH3 is 3. The van der Waals surface area contributed by atoms with Crippen molar-refractivity contribution in [2.24, 2.45) is 0 Å². The average molecular weight is 383 g/mol. The Balaban J connectivity index is 1.86. The molecule has 0 saturated carbocycles. The Labute approximate surface area is 164 Å². The zero-order valence-corrected chi connectivity index (χ0v) is 16.8. The highest BCUT2D eigenvalue weighted by Gasteiger charge is 2.18. The molecule has 0 aliphatic heterocycles. The minimum absolute atomic E-state index is 0.226. The van der Waals surface area contributed by atoms with Crippen molar-refractivity contribution in [1.29, 1.82) is 0 Å². The number of nitrogens with zero attached hydrogens (tertiary/aromatic N) is 2. The number of carbonyl (C=O) groups is 1. The Morgan fingerprint density at radius 2 is 1.71 bits per heavy atom. The first-order valence-corrected chi connectivity index (χ1v) is 9.04. The van der Waals surface area contributed by atoms with Crippen LogP contribution in [0.15, 0.2) is 36.4 Å². The van der Waals surface area contributed by atoms with Gasteiger partial charge in [0.25, 0.3) is 5.91 Å². The molecule has 3 rings (SSSR count). The number of rotatable bonds is 7. The van der Waals surface area contributed by atoms with Gasteiger partial charge < -0.3 is 19.5 Å². The number of amides is 1. The van der Waals surface area contributed by atoms with E-state index in [1.54, 1.807) is 12.1 Å². The van der Waals surface area contributed by atoms with E-state index in [2.05, 4.69) is 24.3 Å². The van der Waals surface area contributed by atoms with Gasteiger partial charge in [0.05, 0.1) is 39.1 Å². The van der Waals surface area contributed by atoms with Crippen molar-refractivity contribution in [2.45, 2.75) is 26.4 Å². The van der Waals surface area contributed by atoms with Crippen molar-refractivity contribution in [3.63, 3.8) is 0 Å². The van der Waals surface area contributed by atoms with E-state index in [-0.39, 0.29) is 11.9 Å². The van der Waals surface area contributed by atoms with Gasteiger partial charge in [-0.3, -0.25) is 9.48 Å². The summed E-state index contributed by atoms with van der Waals surface area (Å²) in [5.41, 5.74) is 2.29. The molecule has 7 heteroatoms. The van der Waals surface area contributed by atoms with Crippen LogP contribution in [0.5, 0.6) is 17.2 Å². The lowest BCUT2D eigenvalue weighted by molar-refractivity contribution is 0.0949. The molecule has 0 aliphatic carbocycles. The monoisotopic (exact) mass is 383 g/mol. The molecular formula is C21H25N3O4. The second-order valence-electron chi connectivity index (χ2n) is 6.60. The summed E-state index contributed by atoms with van der Waals surface area (Å²) in [7, 11) is 4.56. The van der Waals surface area contributed by atoms with E-state index in [1.165, 1.54) is 21.3 Å². The Bertz CT molecular complexity index is 969. The summed E-state index contributed by atoms with van der Waals surface area (Å²) in [4.78, 5) is 12.7. The van der Waals surface area contributed by atoms with E-state index < -0.39 is 0 Å². The fraction of sp³-hybridized carbons (Fsp3) is 0.333. The maximum absolute atomic E-state index is 12.7. The lowest BCUT2D eigenvalue weighted by Gasteiger charge is -2.14. The van der Waals surface area contributed by atoms with Crippen LogP contribution < -0.4 is 19.5 Å². The van der Waals surface area contributed by atoms with E-state index in [0.29, 0.717) is 29.4 Å². The van der Waals surface area contributed by atoms with Crippen molar-refractivity contribution in [3.05, 3.63) is 47.7 Å². The zero-order valence-electron chi connectivity index (χ0n) is 16.8. The minimum Gasteiger partial charge on any atom is -0.493 e. The van der Waals surface area contributed by atoms with Crippen LogP contribution in [-0.2, 0) is 6.54 Å². The molecule has 0 atom stereocenters. The molecule has 28 heavy (non-hydrogen) atoms. The molecular weight excluding hydrogens is 358 g/mol. The van der Waals surface area contributed by atoms with Crippen molar-refractivity contribution in [2.75, 3.05) is 21.3 Å². The van der Waals surface area contributed by atoms with Crippen LogP contribution in [0.25, 0.3) is 10.9 Å². The maximum Gasteiger partial charge on any atom is 0.251 e. The van der Waals surface area contributed by atoms with Crippen LogP contribution in [0.4, 0.5) is 0 Å². The number of carbonyl (C=O) groups excluding carboxylic acids is 1. The van der Waals surface area contributed by atoms with E-state index >= 15 is 0 Å². The third kappa shape index (κ3) is 3.60. The first kappa shape index (κ1) is 19.5. The molecule has 3 aromatic rings. The summed E-state index contributed by atoms with van der Waals surface area (Å²) in [6.07, 6.45) is 0. The van der Waals surface area contributed by atoms with Gasteiger partial charge in [0.2, 0.25) is 5.75 Å². The molecule has 2 aromatic carbocycles. The largest absolute Gasteiger partial charge is 0.493 e. The molecule has 0 radical (unpaired) electrons. The van der Waals surface area contributed by atoms with Gasteiger partial charge >= 0.3 is 0 Å². The topological polar surface area (TPSA) is 74.6 Å². The van der Waals surface area contributed by atoms with Gasteiger partial charge in [-0.15, -0.1) is 0 Å². The second kappa shape index (κ2) is 8.21. The number of nitrogens with one attached hydrogen (secondary N) is 1. The molecule has 0 unspecified atom stereocenters. The highest BCUT2D eigenvalue weighted by molar-refractivity contribution is 5.96. The number of hydrogen-bond donors (Lipinski definition) is 1. The van der Waals surface area contributed by atoms with Crippen LogP contribution in [0.3, 0.4) is 0 Å². The molecule has 7 nitrogen and oxygen atoms in total. The van der Waals surface area contributed by atoms with Crippen molar-refractivity contribution in [3.8, 4) is 17.2 Å². The van der Waals surface area contributed by atoms with Crippen LogP contribution in [0.1, 0.15) is 35.9 Å². The molecule has 1 heterocycles. The molecule has 0 fully saturated rings. The molecule has 0 aliphatic rings. The summed E-state index contributed by atoms with van der Waals surface area (Å²) in [5, 5.41) is 8.64. The van der Waals surface area contributed by atoms with Crippen molar-refractivity contribution >= 4 is 16.8 Å². The highest BCUT2D eigenvalue weighted by atomic mass is 16.5. The average Bonchev–Trinajstić information content (AvgIpc) is 3.09. The molecule has 0 bridgehead atoms. The van der Waals surface area contributed by atoms with Gasteiger partial charge in [-0.1, -0.05) is 18.2 Å². The molecule has 148 valence electrons. The fourth-order valence-electron chi connectivity index (χ4n) is 3.16. The zero-order chi connectivity index (χ0) is 20.3. The number of aromatic nitrogens is 2. The number of benzene rings is 2. The van der Waals surface area contributed by atoms with Crippen LogP contribution in [0.2, 0.25) is 0 Å². The summed E-state index contributed by atoms with van der Waals surface area (Å²) in [5.74, 6) is 1.06. The lowest BCUT2D eigenvalue weighted by atomic mass is 10.1. The minimum atomic E-state index is -0.248. The van der Waals surface area contributed by atoms with Crippen LogP contribution in [0, 0.1) is 0 Å². The third-order valence-electron chi connectivity index (χ3n) is 4.52. The highest BCUT2D eigenvalue weighted by Crippen LogP contribution is 2.38. The standard InChI is InChI=1S/C21H25N3O4/c1-13(2)24-17-9-7-6-8-15(17)16(23-24)12-22-21(25)14-10-18(26-3)20(28-5)19(11-14)27-4/h6-11,13H,12H2,1-5H3,(H,22,25). The van der Waals surface area contributed by atoms with Gasteiger partial charge in [-0.2, -0.15) is 5.10 Å². The molecule has 1 amide bonds. The Morgan fingerprint density at radius 3 is 2.29 bits per heavy atom. The number of fused-ring (bicyclic) bond motifs is 1. The molecule has 1 aromatic heterocycles. The second-order valence-corrected chi connectivity index (χ2v) is 6.60. The quantitative estimate of drug-likeness (QED) is 0.675. The number of para-hydroxylation sites is 1. The lowest BCUT2D eigenvalue weighted by Crippen LogP contribution is -2.23. The predicted octanol–water partition coefficient (Wildman–Crippen LogP) is 3.57. The third-order valence-corrected chi connectivity index (χ3v) is 4.52. The predicted molar refractivity (Wildman–Crippen MR) is 107 cm³/mol. The summed E-state index contributed by atoms with van der Waals surface area (Å²) < 4.78 is 17.9. The normalized spacial score (nSPS) is 10.9. The smallest absolute Gasteiger partial charge is 0.251 e. The van der Waals surface area contributed by atoms with Crippen molar-refractivity contribution in [1.82, 2.24) is 15.1 Å². The van der Waals surface area contributed by atoms with Gasteiger partial charge in [-0.05, 0) is 32.0 Å². The first-order valence-electron chi connectivity index (χ1n) is 9.04. The number of hydrogen-bond acceptors (Lipinski definition) is 5. The van der Waals surface area contributed by atoms with Gasteiger partial charge in [0.1, 0.15) is 0 Å². The summed E-state index contributed by atoms with van der Waals surface area (Å²) in [6.45, 7) is 4.48. The van der Waals surface area contributed by atoms with E-state index in [4.69, 9.17) is 14.2 Å². The van der Waals surface area contributed by atoms with Crippen LogP contribution in [-0.4, -0.2) is 37.0 Å². The van der Waals surface area contributed by atoms with Gasteiger partial charge in [0, 0.05) is 17.0 Å². The van der Waals surface area contributed by atoms with Gasteiger partial charge in [-0.25, -0.2) is 0 Å². The maximum atomic E-state index is 12.7. The molecule has 1 N–H and O–H groups in total. The summed E-state index contributed by atoms with van der Waals surface area (Å²) in [6, 6.07) is 11.5. The number of ether oxygens (including phenoxy) is 3.